The van der Waals surface area contributed by atoms with Crippen LogP contribution in [0.25, 0.3) is 0 Å². The third-order valence-electron chi connectivity index (χ3n) is 7.94. The third-order valence-corrected chi connectivity index (χ3v) is 7.94. The van der Waals surface area contributed by atoms with Gasteiger partial charge in [-0.2, -0.15) is 0 Å². The first kappa shape index (κ1) is 12.5. The van der Waals surface area contributed by atoms with Crippen LogP contribution in [-0.2, 0) is 0 Å². The van der Waals surface area contributed by atoms with Crippen molar-refractivity contribution in [2.45, 2.75) is 71.6 Å². The summed E-state index contributed by atoms with van der Waals surface area (Å²) in [5.74, 6) is 4.12. The van der Waals surface area contributed by atoms with Gasteiger partial charge in [0.05, 0.1) is 0 Å². The van der Waals surface area contributed by atoms with Crippen LogP contribution in [0.1, 0.15) is 71.6 Å². The Hall–Kier alpha value is -0.260. The molecule has 0 spiro atoms. The fourth-order valence-corrected chi connectivity index (χ4v) is 6.82. The summed E-state index contributed by atoms with van der Waals surface area (Å²) in [4.78, 5) is 0. The van der Waals surface area contributed by atoms with Crippen molar-refractivity contribution in [2.75, 3.05) is 0 Å². The maximum atomic E-state index is 2.65. The van der Waals surface area contributed by atoms with Crippen LogP contribution in [-0.4, -0.2) is 0 Å². The highest BCUT2D eigenvalue weighted by atomic mass is 14.6. The van der Waals surface area contributed by atoms with Crippen molar-refractivity contribution in [3.8, 4) is 0 Å². The summed E-state index contributed by atoms with van der Waals surface area (Å²) in [6, 6.07) is 0. The van der Waals surface area contributed by atoms with Crippen LogP contribution >= 0.6 is 0 Å². The minimum atomic E-state index is 0.654. The highest BCUT2D eigenvalue weighted by molar-refractivity contribution is 5.12. The van der Waals surface area contributed by atoms with Crippen molar-refractivity contribution < 1.29 is 0 Å². The van der Waals surface area contributed by atoms with Gasteiger partial charge in [-0.15, -0.1) is 0 Å². The minimum Gasteiger partial charge on any atom is -0.0882 e. The molecule has 0 aromatic rings. The second-order valence-corrected chi connectivity index (χ2v) is 8.62. The molecule has 0 bridgehead atoms. The highest BCUT2D eigenvalue weighted by Crippen LogP contribution is 2.65. The highest BCUT2D eigenvalue weighted by Gasteiger charge is 2.56. The van der Waals surface area contributed by atoms with Gasteiger partial charge in [0.2, 0.25) is 0 Å². The Bertz CT molecular complexity index is 395. The predicted octanol–water partition coefficient (Wildman–Crippen LogP) is 5.59. The van der Waals surface area contributed by atoms with E-state index in [-0.39, 0.29) is 0 Å². The van der Waals surface area contributed by atoms with Crippen molar-refractivity contribution in [1.29, 1.82) is 0 Å². The molecule has 0 amide bonds. The van der Waals surface area contributed by atoms with Gasteiger partial charge in [-0.25, -0.2) is 0 Å². The molecule has 6 atom stereocenters. The van der Waals surface area contributed by atoms with Gasteiger partial charge < -0.3 is 0 Å². The zero-order valence-corrected chi connectivity index (χ0v) is 12.8. The average molecular weight is 258 g/mol. The number of fused-ring (bicyclic) bond motifs is 5. The van der Waals surface area contributed by atoms with Crippen molar-refractivity contribution in [1.82, 2.24) is 0 Å². The normalized spacial score (nSPS) is 56.3. The number of rotatable bonds is 0. The Balaban J connectivity index is 1.67. The quantitative estimate of drug-likeness (QED) is 0.497. The molecule has 106 valence electrons. The lowest BCUT2D eigenvalue weighted by atomic mass is 9.46. The molecule has 0 saturated heterocycles. The molecule has 0 heterocycles. The van der Waals surface area contributed by atoms with E-state index >= 15 is 0 Å². The van der Waals surface area contributed by atoms with Crippen molar-refractivity contribution in [3.05, 3.63) is 12.2 Å². The molecular weight excluding hydrogens is 228 g/mol. The standard InChI is InChI=1S/C19H30/c1-18-11-5-7-16(18)15-9-8-14-6-3-4-12-19(14,2)17(15)10-13-18/h3,6,14-17H,4-5,7-13H2,1-2H3/t14?,15-,16-,17-,18-,19-/m0/s1. The summed E-state index contributed by atoms with van der Waals surface area (Å²) in [6.45, 7) is 5.27. The number of hydrogen-bond acceptors (Lipinski definition) is 0. The monoisotopic (exact) mass is 258 g/mol. The summed E-state index contributed by atoms with van der Waals surface area (Å²) in [7, 11) is 0. The van der Waals surface area contributed by atoms with Crippen molar-refractivity contribution >= 4 is 0 Å². The second kappa shape index (κ2) is 4.12. The van der Waals surface area contributed by atoms with E-state index in [1.165, 1.54) is 44.9 Å². The van der Waals surface area contributed by atoms with Crippen molar-refractivity contribution in [2.24, 2.45) is 34.5 Å². The summed E-state index contributed by atoms with van der Waals surface area (Å²) in [6.07, 6.45) is 18.6. The largest absolute Gasteiger partial charge is 0.0882 e. The van der Waals surface area contributed by atoms with Gasteiger partial charge >= 0.3 is 0 Å². The Labute approximate surface area is 119 Å². The molecule has 1 unspecified atom stereocenters. The molecule has 4 aliphatic rings. The van der Waals surface area contributed by atoms with Gasteiger partial charge in [-0.1, -0.05) is 32.4 Å². The van der Waals surface area contributed by atoms with Gasteiger partial charge in [0, 0.05) is 0 Å². The SMILES string of the molecule is C[C@@]12CCC[C@H]1[C@@H]1CCC3C=CCC[C@]3(C)[C@H]1CC2. The molecule has 0 nitrogen and oxygen atoms in total. The molecule has 4 aliphatic carbocycles. The summed E-state index contributed by atoms with van der Waals surface area (Å²) in [5, 5.41) is 0. The van der Waals surface area contributed by atoms with Crippen LogP contribution in [0.15, 0.2) is 12.2 Å². The summed E-state index contributed by atoms with van der Waals surface area (Å²) < 4.78 is 0. The first-order valence-corrected chi connectivity index (χ1v) is 8.80. The molecule has 0 aliphatic heterocycles. The summed E-state index contributed by atoms with van der Waals surface area (Å²) >= 11 is 0. The van der Waals surface area contributed by atoms with Crippen LogP contribution in [0.4, 0.5) is 0 Å². The first-order chi connectivity index (χ1) is 9.13. The molecule has 3 saturated carbocycles. The van der Waals surface area contributed by atoms with E-state index in [4.69, 9.17) is 0 Å². The topological polar surface area (TPSA) is 0 Å². The Morgan fingerprint density at radius 1 is 0.895 bits per heavy atom. The average Bonchev–Trinajstić information content (AvgIpc) is 2.79. The Morgan fingerprint density at radius 3 is 2.68 bits per heavy atom. The Kier molecular flexibility index (Phi) is 2.71. The van der Waals surface area contributed by atoms with E-state index in [0.29, 0.717) is 5.41 Å². The smallest absolute Gasteiger partial charge is 0.0177 e. The van der Waals surface area contributed by atoms with Gasteiger partial charge in [0.15, 0.2) is 0 Å². The lowest BCUT2D eigenvalue weighted by Crippen LogP contribution is -2.51. The van der Waals surface area contributed by atoms with Gasteiger partial charge in [-0.3, -0.25) is 0 Å². The maximum absolute atomic E-state index is 2.65. The zero-order valence-electron chi connectivity index (χ0n) is 12.8. The van der Waals surface area contributed by atoms with E-state index in [0.717, 1.165) is 29.1 Å². The fourth-order valence-electron chi connectivity index (χ4n) is 6.82. The molecular formula is C19H30. The van der Waals surface area contributed by atoms with E-state index in [9.17, 15) is 0 Å². The van der Waals surface area contributed by atoms with Crippen LogP contribution in [0, 0.1) is 34.5 Å². The molecule has 0 aromatic carbocycles. The Morgan fingerprint density at radius 2 is 1.79 bits per heavy atom. The van der Waals surface area contributed by atoms with E-state index in [2.05, 4.69) is 26.0 Å². The van der Waals surface area contributed by atoms with Gasteiger partial charge in [0.25, 0.3) is 0 Å². The van der Waals surface area contributed by atoms with Crippen LogP contribution in [0.2, 0.25) is 0 Å². The lowest BCUT2D eigenvalue weighted by molar-refractivity contribution is -0.0808. The maximum Gasteiger partial charge on any atom is -0.0177 e. The molecule has 0 heteroatoms. The zero-order chi connectivity index (χ0) is 13.1. The van der Waals surface area contributed by atoms with Gasteiger partial charge in [0.1, 0.15) is 0 Å². The fraction of sp³-hybridized carbons (Fsp3) is 0.895. The molecule has 0 radical (unpaired) electrons. The van der Waals surface area contributed by atoms with E-state index < -0.39 is 0 Å². The van der Waals surface area contributed by atoms with Gasteiger partial charge in [-0.05, 0) is 85.9 Å². The summed E-state index contributed by atoms with van der Waals surface area (Å²) in [5.41, 5.74) is 1.39. The molecule has 0 N–H and O–H groups in total. The van der Waals surface area contributed by atoms with Crippen LogP contribution < -0.4 is 0 Å². The van der Waals surface area contributed by atoms with Crippen molar-refractivity contribution in [3.63, 3.8) is 0 Å². The second-order valence-electron chi connectivity index (χ2n) is 8.62. The number of hydrogen-bond donors (Lipinski definition) is 0. The molecule has 19 heavy (non-hydrogen) atoms. The lowest BCUT2D eigenvalue weighted by Gasteiger charge is -2.59. The molecule has 0 aromatic heterocycles. The number of allylic oxidation sites excluding steroid dienone is 2. The molecule has 4 rings (SSSR count). The predicted molar refractivity (Wildman–Crippen MR) is 80.9 cm³/mol. The minimum absolute atomic E-state index is 0.654. The van der Waals surface area contributed by atoms with Crippen LogP contribution in [0.3, 0.4) is 0 Å². The molecule has 3 fully saturated rings. The first-order valence-electron chi connectivity index (χ1n) is 8.80. The van der Waals surface area contributed by atoms with E-state index in [1.54, 1.807) is 12.8 Å². The van der Waals surface area contributed by atoms with Crippen LogP contribution in [0.5, 0.6) is 0 Å². The van der Waals surface area contributed by atoms with E-state index in [1.807, 2.05) is 0 Å². The third kappa shape index (κ3) is 1.64.